The molecule has 0 aliphatic rings. The van der Waals surface area contributed by atoms with Crippen LogP contribution in [0.1, 0.15) is 21.7 Å². The highest BCUT2D eigenvalue weighted by Gasteiger charge is 2.19. The van der Waals surface area contributed by atoms with Gasteiger partial charge in [-0.2, -0.15) is 0 Å². The van der Waals surface area contributed by atoms with E-state index in [9.17, 15) is 4.79 Å². The summed E-state index contributed by atoms with van der Waals surface area (Å²) in [6.45, 7) is 4.08. The van der Waals surface area contributed by atoms with E-state index in [4.69, 9.17) is 16.3 Å². The molecule has 0 saturated carbocycles. The van der Waals surface area contributed by atoms with E-state index in [1.807, 2.05) is 74.5 Å². The van der Waals surface area contributed by atoms with Gasteiger partial charge in [-0.05, 0) is 85.6 Å². The van der Waals surface area contributed by atoms with Crippen LogP contribution in [0.5, 0.6) is 11.5 Å². The van der Waals surface area contributed by atoms with Crippen LogP contribution in [0.4, 0.5) is 5.69 Å². The molecule has 0 unspecified atom stereocenters. The van der Waals surface area contributed by atoms with Crippen molar-refractivity contribution in [1.82, 2.24) is 14.8 Å². The lowest BCUT2D eigenvalue weighted by Gasteiger charge is -2.08. The Hall–Kier alpha value is -4.42. The maximum atomic E-state index is 13.1. The van der Waals surface area contributed by atoms with Crippen LogP contribution >= 0.6 is 11.6 Å². The first-order valence-corrected chi connectivity index (χ1v) is 11.8. The number of nitrogens with zero attached hydrogens (tertiary/aromatic N) is 3. The predicted molar refractivity (Wildman–Crippen MR) is 142 cm³/mol. The van der Waals surface area contributed by atoms with Gasteiger partial charge in [0, 0.05) is 16.3 Å². The van der Waals surface area contributed by atoms with Crippen molar-refractivity contribution >= 4 is 23.2 Å². The van der Waals surface area contributed by atoms with Gasteiger partial charge >= 0.3 is 0 Å². The van der Waals surface area contributed by atoms with Crippen LogP contribution in [0.2, 0.25) is 5.02 Å². The molecule has 5 aromatic rings. The molecule has 0 saturated heterocycles. The molecule has 0 atom stereocenters. The first kappa shape index (κ1) is 23.3. The van der Waals surface area contributed by atoms with Gasteiger partial charge < -0.3 is 10.1 Å². The van der Waals surface area contributed by atoms with Crippen molar-refractivity contribution in [3.8, 4) is 28.6 Å². The number of hydrogen-bond acceptors (Lipinski definition) is 4. The predicted octanol–water partition coefficient (Wildman–Crippen LogP) is 7.25. The zero-order valence-electron chi connectivity index (χ0n) is 19.8. The molecule has 1 amide bonds. The minimum Gasteiger partial charge on any atom is -0.457 e. The van der Waals surface area contributed by atoms with Crippen LogP contribution in [-0.2, 0) is 0 Å². The van der Waals surface area contributed by atoms with Crippen LogP contribution in [-0.4, -0.2) is 20.7 Å². The third-order valence-electron chi connectivity index (χ3n) is 5.72. The summed E-state index contributed by atoms with van der Waals surface area (Å²) in [6.07, 6.45) is 0. The Balaban J connectivity index is 1.42. The topological polar surface area (TPSA) is 69.0 Å². The zero-order valence-corrected chi connectivity index (χ0v) is 20.5. The Kier molecular flexibility index (Phi) is 6.52. The highest BCUT2D eigenvalue weighted by molar-refractivity contribution is 6.30. The number of amides is 1. The monoisotopic (exact) mass is 494 g/mol. The Morgan fingerprint density at radius 2 is 1.58 bits per heavy atom. The van der Waals surface area contributed by atoms with Gasteiger partial charge in [0.1, 0.15) is 11.5 Å². The maximum absolute atomic E-state index is 13.1. The van der Waals surface area contributed by atoms with Crippen molar-refractivity contribution in [2.75, 3.05) is 5.32 Å². The van der Waals surface area contributed by atoms with Crippen LogP contribution in [0, 0.1) is 13.8 Å². The number of benzene rings is 4. The van der Waals surface area contributed by atoms with Crippen LogP contribution < -0.4 is 10.1 Å². The third kappa shape index (κ3) is 5.14. The van der Waals surface area contributed by atoms with E-state index >= 15 is 0 Å². The van der Waals surface area contributed by atoms with Gasteiger partial charge in [-0.15, -0.1) is 5.10 Å². The number of hydrogen-bond donors (Lipinski definition) is 1. The van der Waals surface area contributed by atoms with Crippen molar-refractivity contribution in [2.45, 2.75) is 13.8 Å². The summed E-state index contributed by atoms with van der Waals surface area (Å²) in [5.74, 6) is 1.56. The molecule has 5 rings (SSSR count). The second-order valence-electron chi connectivity index (χ2n) is 8.34. The molecule has 1 heterocycles. The smallest absolute Gasteiger partial charge is 0.295 e. The highest BCUT2D eigenvalue weighted by Crippen LogP contribution is 2.26. The summed E-state index contributed by atoms with van der Waals surface area (Å²) in [5, 5.41) is 7.99. The molecule has 178 valence electrons. The lowest BCUT2D eigenvalue weighted by atomic mass is 10.1. The fourth-order valence-electron chi connectivity index (χ4n) is 3.68. The molecule has 1 aromatic heterocycles. The number of aromatic nitrogens is 3. The van der Waals surface area contributed by atoms with Crippen molar-refractivity contribution in [3.63, 3.8) is 0 Å². The average molecular weight is 495 g/mol. The summed E-state index contributed by atoms with van der Waals surface area (Å²) in [4.78, 5) is 17.7. The minimum absolute atomic E-state index is 0.0489. The average Bonchev–Trinajstić information content (AvgIpc) is 3.33. The zero-order chi connectivity index (χ0) is 25.1. The summed E-state index contributed by atoms with van der Waals surface area (Å²) in [7, 11) is 0. The molecule has 7 heteroatoms. The number of carbonyl (C=O) groups is 1. The van der Waals surface area contributed by atoms with E-state index in [1.54, 1.807) is 41.1 Å². The molecule has 0 aliphatic heterocycles. The molecule has 0 bridgehead atoms. The molecule has 1 N–H and O–H groups in total. The first-order chi connectivity index (χ1) is 17.5. The summed E-state index contributed by atoms with van der Waals surface area (Å²) < 4.78 is 7.49. The number of halogens is 1. The standard InChI is InChI=1S/C29H23ClN4O2/c1-19-11-14-24(17-20(19)2)34-28(21-7-6-8-22(30)18-21)32-27(33-34)29(35)31-23-12-15-26(16-13-23)36-25-9-4-3-5-10-25/h3-18H,1-2H3,(H,31,35). The van der Waals surface area contributed by atoms with Gasteiger partial charge in [0.05, 0.1) is 5.69 Å². The van der Waals surface area contributed by atoms with E-state index in [2.05, 4.69) is 15.4 Å². The van der Waals surface area contributed by atoms with Crippen LogP contribution in [0.3, 0.4) is 0 Å². The number of ether oxygens (including phenoxy) is 1. The lowest BCUT2D eigenvalue weighted by Crippen LogP contribution is -2.14. The van der Waals surface area contributed by atoms with Gasteiger partial charge in [0.25, 0.3) is 5.91 Å². The SMILES string of the molecule is Cc1ccc(-n2nc(C(=O)Nc3ccc(Oc4ccccc4)cc3)nc2-c2cccc(Cl)c2)cc1C. The molecule has 4 aromatic carbocycles. The van der Waals surface area contributed by atoms with E-state index in [0.717, 1.165) is 22.6 Å². The quantitative estimate of drug-likeness (QED) is 0.270. The largest absolute Gasteiger partial charge is 0.457 e. The summed E-state index contributed by atoms with van der Waals surface area (Å²) in [6, 6.07) is 30.0. The molecule has 36 heavy (non-hydrogen) atoms. The fraction of sp³-hybridized carbons (Fsp3) is 0.0690. The van der Waals surface area contributed by atoms with E-state index < -0.39 is 5.91 Å². The summed E-state index contributed by atoms with van der Waals surface area (Å²) >= 11 is 6.23. The number of anilines is 1. The van der Waals surface area contributed by atoms with E-state index in [0.29, 0.717) is 22.3 Å². The number of para-hydroxylation sites is 1. The highest BCUT2D eigenvalue weighted by atomic mass is 35.5. The van der Waals surface area contributed by atoms with Gasteiger partial charge in [-0.25, -0.2) is 9.67 Å². The van der Waals surface area contributed by atoms with E-state index in [-0.39, 0.29) is 5.82 Å². The Morgan fingerprint density at radius 1 is 0.833 bits per heavy atom. The molecule has 0 radical (unpaired) electrons. The van der Waals surface area contributed by atoms with Gasteiger partial charge in [0.15, 0.2) is 5.82 Å². The first-order valence-electron chi connectivity index (χ1n) is 11.4. The van der Waals surface area contributed by atoms with Gasteiger partial charge in [-0.1, -0.05) is 48.0 Å². The molecular weight excluding hydrogens is 472 g/mol. The van der Waals surface area contributed by atoms with Crippen molar-refractivity contribution < 1.29 is 9.53 Å². The number of rotatable bonds is 6. The molecular formula is C29H23ClN4O2. The van der Waals surface area contributed by atoms with Crippen molar-refractivity contribution in [2.24, 2.45) is 0 Å². The Bertz CT molecular complexity index is 1530. The second-order valence-corrected chi connectivity index (χ2v) is 8.78. The Labute approximate surface area is 214 Å². The maximum Gasteiger partial charge on any atom is 0.295 e. The summed E-state index contributed by atoms with van der Waals surface area (Å²) in [5.41, 5.74) is 4.45. The third-order valence-corrected chi connectivity index (χ3v) is 5.95. The minimum atomic E-state index is -0.419. The van der Waals surface area contributed by atoms with Crippen molar-refractivity contribution in [3.05, 3.63) is 119 Å². The number of carbonyl (C=O) groups excluding carboxylic acids is 1. The Morgan fingerprint density at radius 3 is 2.31 bits per heavy atom. The van der Waals surface area contributed by atoms with Gasteiger partial charge in [0.2, 0.25) is 5.82 Å². The molecule has 0 fully saturated rings. The molecule has 0 aliphatic carbocycles. The number of aryl methyl sites for hydroxylation is 2. The molecule has 0 spiro atoms. The van der Waals surface area contributed by atoms with Crippen molar-refractivity contribution in [1.29, 1.82) is 0 Å². The lowest BCUT2D eigenvalue weighted by molar-refractivity contribution is 0.101. The molecule has 6 nitrogen and oxygen atoms in total. The van der Waals surface area contributed by atoms with E-state index in [1.165, 1.54) is 5.56 Å². The number of nitrogens with one attached hydrogen (secondary N) is 1. The second kappa shape index (κ2) is 10.1. The van der Waals surface area contributed by atoms with Crippen LogP contribution in [0.25, 0.3) is 17.1 Å². The van der Waals surface area contributed by atoms with Crippen LogP contribution in [0.15, 0.2) is 97.1 Å². The van der Waals surface area contributed by atoms with Gasteiger partial charge in [-0.3, -0.25) is 4.79 Å². The fourth-order valence-corrected chi connectivity index (χ4v) is 3.87. The normalized spacial score (nSPS) is 10.8.